The second kappa shape index (κ2) is 5.24. The number of nitrogens with two attached hydrogens (primary N) is 1. The van der Waals surface area contributed by atoms with Gasteiger partial charge in [-0.1, -0.05) is 13.8 Å². The van der Waals surface area contributed by atoms with Crippen LogP contribution in [0.3, 0.4) is 0 Å². The first-order valence-corrected chi connectivity index (χ1v) is 7.62. The highest BCUT2D eigenvalue weighted by atomic mass is 32.2. The van der Waals surface area contributed by atoms with Crippen LogP contribution >= 0.6 is 0 Å². The van der Waals surface area contributed by atoms with Crippen LogP contribution in [-0.2, 0) is 9.84 Å². The highest BCUT2D eigenvalue weighted by Gasteiger charge is 2.19. The summed E-state index contributed by atoms with van der Waals surface area (Å²) in [6.45, 7) is 5.50. The van der Waals surface area contributed by atoms with Crippen LogP contribution in [0.25, 0.3) is 0 Å². The Morgan fingerprint density at radius 3 is 2.39 bits per heavy atom. The van der Waals surface area contributed by atoms with Crippen LogP contribution in [0.2, 0.25) is 0 Å². The highest BCUT2D eigenvalue weighted by Crippen LogP contribution is 2.19. The molecule has 0 atom stereocenters. The van der Waals surface area contributed by atoms with Crippen molar-refractivity contribution in [2.75, 3.05) is 31.3 Å². The third-order valence-electron chi connectivity index (χ3n) is 2.76. The van der Waals surface area contributed by atoms with Crippen molar-refractivity contribution in [3.05, 3.63) is 18.3 Å². The molecule has 0 aromatic carbocycles. The van der Waals surface area contributed by atoms with E-state index in [1.807, 2.05) is 11.9 Å². The van der Waals surface area contributed by atoms with E-state index >= 15 is 0 Å². The number of hydrogen-bond donors (Lipinski definition) is 1. The first kappa shape index (κ1) is 14.9. The summed E-state index contributed by atoms with van der Waals surface area (Å²) in [6, 6.07) is 3.28. The molecule has 5 nitrogen and oxygen atoms in total. The molecule has 1 aromatic rings. The Morgan fingerprint density at radius 2 is 2.00 bits per heavy atom. The topological polar surface area (TPSA) is 76.3 Å². The van der Waals surface area contributed by atoms with Gasteiger partial charge >= 0.3 is 0 Å². The number of aromatic nitrogens is 1. The minimum Gasteiger partial charge on any atom is -0.359 e. The lowest BCUT2D eigenvalue weighted by atomic mass is 9.93. The van der Waals surface area contributed by atoms with E-state index in [1.165, 1.54) is 12.5 Å². The van der Waals surface area contributed by atoms with Crippen molar-refractivity contribution >= 4 is 15.7 Å². The molecule has 0 bridgehead atoms. The maximum absolute atomic E-state index is 11.3. The molecule has 1 heterocycles. The lowest BCUT2D eigenvalue weighted by molar-refractivity contribution is 0.384. The zero-order chi connectivity index (χ0) is 14.0. The lowest BCUT2D eigenvalue weighted by Crippen LogP contribution is -2.37. The second-order valence-corrected chi connectivity index (χ2v) is 7.36. The molecule has 18 heavy (non-hydrogen) atoms. The zero-order valence-electron chi connectivity index (χ0n) is 11.3. The summed E-state index contributed by atoms with van der Waals surface area (Å²) in [5.41, 5.74) is 5.68. The smallest absolute Gasteiger partial charge is 0.177 e. The first-order chi connectivity index (χ1) is 8.15. The summed E-state index contributed by atoms with van der Waals surface area (Å²) in [5, 5.41) is 0. The molecule has 0 spiro atoms. The molecule has 0 saturated heterocycles. The van der Waals surface area contributed by atoms with Crippen molar-refractivity contribution in [3.8, 4) is 0 Å². The fraction of sp³-hybridized carbons (Fsp3) is 0.583. The van der Waals surface area contributed by atoms with Gasteiger partial charge in [0.2, 0.25) is 0 Å². The SMILES string of the molecule is CN(CC(C)(C)CN)c1ccc(S(C)(=O)=O)cn1. The Balaban J connectivity index is 2.86. The summed E-state index contributed by atoms with van der Waals surface area (Å²) in [7, 11) is -1.27. The van der Waals surface area contributed by atoms with Crippen molar-refractivity contribution < 1.29 is 8.42 Å². The third kappa shape index (κ3) is 3.96. The predicted molar refractivity (Wildman–Crippen MR) is 73.5 cm³/mol. The van der Waals surface area contributed by atoms with E-state index in [1.54, 1.807) is 12.1 Å². The Labute approximate surface area is 109 Å². The van der Waals surface area contributed by atoms with Gasteiger partial charge in [0.05, 0.1) is 4.90 Å². The normalized spacial score (nSPS) is 12.5. The van der Waals surface area contributed by atoms with Crippen molar-refractivity contribution in [1.29, 1.82) is 0 Å². The van der Waals surface area contributed by atoms with E-state index in [-0.39, 0.29) is 10.3 Å². The van der Waals surface area contributed by atoms with Crippen LogP contribution in [-0.4, -0.2) is 39.8 Å². The third-order valence-corrected chi connectivity index (χ3v) is 3.86. The first-order valence-electron chi connectivity index (χ1n) is 5.73. The Bertz CT molecular complexity index is 495. The predicted octanol–water partition coefficient (Wildman–Crippen LogP) is 0.906. The Morgan fingerprint density at radius 1 is 1.39 bits per heavy atom. The zero-order valence-corrected chi connectivity index (χ0v) is 12.2. The molecule has 2 N–H and O–H groups in total. The maximum atomic E-state index is 11.3. The second-order valence-electron chi connectivity index (χ2n) is 5.35. The van der Waals surface area contributed by atoms with Gasteiger partial charge in [-0.15, -0.1) is 0 Å². The average molecular weight is 271 g/mol. The van der Waals surface area contributed by atoms with Crippen molar-refractivity contribution in [3.63, 3.8) is 0 Å². The molecule has 0 aliphatic carbocycles. The van der Waals surface area contributed by atoms with Crippen molar-refractivity contribution in [2.45, 2.75) is 18.7 Å². The number of anilines is 1. The van der Waals surface area contributed by atoms with E-state index in [0.29, 0.717) is 6.54 Å². The summed E-state index contributed by atoms with van der Waals surface area (Å²) >= 11 is 0. The average Bonchev–Trinajstić information content (AvgIpc) is 2.27. The molecular weight excluding hydrogens is 250 g/mol. The van der Waals surface area contributed by atoms with Gasteiger partial charge in [0.15, 0.2) is 9.84 Å². The van der Waals surface area contributed by atoms with Crippen molar-refractivity contribution in [2.24, 2.45) is 11.1 Å². The van der Waals surface area contributed by atoms with E-state index in [2.05, 4.69) is 18.8 Å². The molecule has 0 amide bonds. The van der Waals surface area contributed by atoms with E-state index in [4.69, 9.17) is 5.73 Å². The van der Waals surface area contributed by atoms with Gasteiger partial charge in [0.25, 0.3) is 0 Å². The molecule has 0 aliphatic rings. The maximum Gasteiger partial charge on any atom is 0.177 e. The minimum atomic E-state index is -3.19. The number of nitrogens with zero attached hydrogens (tertiary/aromatic N) is 2. The van der Waals surface area contributed by atoms with Gasteiger partial charge in [0.1, 0.15) is 5.82 Å². The molecule has 0 aliphatic heterocycles. The fourth-order valence-corrected chi connectivity index (χ4v) is 2.16. The molecule has 0 saturated carbocycles. The van der Waals surface area contributed by atoms with Crippen LogP contribution in [0.4, 0.5) is 5.82 Å². The van der Waals surface area contributed by atoms with Gasteiger partial charge in [-0.25, -0.2) is 13.4 Å². The summed E-state index contributed by atoms with van der Waals surface area (Å²) in [6.07, 6.45) is 2.56. The van der Waals surface area contributed by atoms with Crippen molar-refractivity contribution in [1.82, 2.24) is 4.98 Å². The summed E-state index contributed by atoms with van der Waals surface area (Å²) in [4.78, 5) is 6.37. The molecule has 0 unspecified atom stereocenters. The van der Waals surface area contributed by atoms with Gasteiger partial charge in [-0.3, -0.25) is 0 Å². The minimum absolute atomic E-state index is 0.00800. The molecule has 0 radical (unpaired) electrons. The monoisotopic (exact) mass is 271 g/mol. The van der Waals surface area contributed by atoms with Gasteiger partial charge < -0.3 is 10.6 Å². The number of hydrogen-bond acceptors (Lipinski definition) is 5. The molecule has 0 fully saturated rings. The van der Waals surface area contributed by atoms with Gasteiger partial charge in [-0.05, 0) is 24.1 Å². The Hall–Kier alpha value is -1.14. The molecule has 1 aromatic heterocycles. The summed E-state index contributed by atoms with van der Waals surface area (Å²) in [5.74, 6) is 0.740. The summed E-state index contributed by atoms with van der Waals surface area (Å²) < 4.78 is 22.6. The quantitative estimate of drug-likeness (QED) is 0.861. The molecular formula is C12H21N3O2S. The van der Waals surface area contributed by atoms with E-state index < -0.39 is 9.84 Å². The van der Waals surface area contributed by atoms with Crippen LogP contribution in [0.15, 0.2) is 23.2 Å². The molecule has 6 heteroatoms. The van der Waals surface area contributed by atoms with Crippen LogP contribution in [0.1, 0.15) is 13.8 Å². The molecule has 102 valence electrons. The number of rotatable bonds is 5. The fourth-order valence-electron chi connectivity index (χ4n) is 1.61. The van der Waals surface area contributed by atoms with E-state index in [9.17, 15) is 8.42 Å². The number of pyridine rings is 1. The number of sulfone groups is 1. The van der Waals surface area contributed by atoms with Gasteiger partial charge in [-0.2, -0.15) is 0 Å². The van der Waals surface area contributed by atoms with E-state index in [0.717, 1.165) is 12.4 Å². The largest absolute Gasteiger partial charge is 0.359 e. The van der Waals surface area contributed by atoms with Crippen LogP contribution < -0.4 is 10.6 Å². The van der Waals surface area contributed by atoms with Gasteiger partial charge in [0, 0.05) is 26.0 Å². The highest BCUT2D eigenvalue weighted by molar-refractivity contribution is 7.90. The van der Waals surface area contributed by atoms with Crippen LogP contribution in [0, 0.1) is 5.41 Å². The molecule has 1 rings (SSSR count). The standard InChI is InChI=1S/C12H21N3O2S/c1-12(2,8-13)9-15(3)11-6-5-10(7-14-11)18(4,16)17/h5-7H,8-9,13H2,1-4H3. The lowest BCUT2D eigenvalue weighted by Gasteiger charge is -2.29. The van der Waals surface area contributed by atoms with Crippen LogP contribution in [0.5, 0.6) is 0 Å². The Kier molecular flexibility index (Phi) is 4.34.